The Labute approximate surface area is 336 Å². The smallest absolute Gasteiger partial charge is 1.00 e. The van der Waals surface area contributed by atoms with Gasteiger partial charge >= 0.3 is 17.4 Å². The van der Waals surface area contributed by atoms with Crippen molar-refractivity contribution >= 4 is 63.8 Å². The van der Waals surface area contributed by atoms with E-state index in [4.69, 9.17) is 46.4 Å². The minimum Gasteiger partial charge on any atom is -1.00 e. The van der Waals surface area contributed by atoms with Crippen molar-refractivity contribution in [2.45, 2.75) is 148 Å². The molecule has 5 heterocycles. The van der Waals surface area contributed by atoms with E-state index >= 15 is 0 Å². The van der Waals surface area contributed by atoms with Crippen LogP contribution >= 0.6 is 46.4 Å². The minimum absolute atomic E-state index is 0. The quantitative estimate of drug-likeness (QED) is 0.0907. The predicted molar refractivity (Wildman–Crippen MR) is 183 cm³/mol. The topological polar surface area (TPSA) is 96.2 Å². The molecule has 16 heteroatoms. The summed E-state index contributed by atoms with van der Waals surface area (Å²) in [6.07, 6.45) is 17.3. The summed E-state index contributed by atoms with van der Waals surface area (Å²) in [6, 6.07) is 0. The summed E-state index contributed by atoms with van der Waals surface area (Å²) in [5.41, 5.74) is 0. The molecule has 8 N–H and O–H groups in total. The first-order valence-electron chi connectivity index (χ1n) is 18.1. The van der Waals surface area contributed by atoms with Gasteiger partial charge in [-0.25, -0.2) is 0 Å². The molecule has 4 saturated carbocycles. The van der Waals surface area contributed by atoms with Crippen molar-refractivity contribution < 1.29 is 37.2 Å². The molecular formula is C32H52AlCl7N8. The molecule has 20 unspecified atom stereocenters. The van der Waals surface area contributed by atoms with Crippen LogP contribution < -0.4 is 79.8 Å². The fourth-order valence-corrected chi connectivity index (χ4v) is 13.7. The fourth-order valence-electron chi connectivity index (χ4n) is 11.9. The molecule has 0 spiro atoms. The third-order valence-corrected chi connectivity index (χ3v) is 16.5. The van der Waals surface area contributed by atoms with Crippen LogP contribution in [0.3, 0.4) is 0 Å². The van der Waals surface area contributed by atoms with Crippen LogP contribution in [0.15, 0.2) is 0 Å². The van der Waals surface area contributed by atoms with E-state index < -0.39 is 0 Å². The molecule has 8 nitrogen and oxygen atoms in total. The molecule has 0 amide bonds. The van der Waals surface area contributed by atoms with Gasteiger partial charge in [0.1, 0.15) is 0 Å². The van der Waals surface area contributed by atoms with Crippen LogP contribution in [0.1, 0.15) is 77.0 Å². The first-order chi connectivity index (χ1) is 21.5. The molecule has 5 aliphatic heterocycles. The molecule has 8 bridgehead atoms. The molecule has 9 rings (SSSR count). The van der Waals surface area contributed by atoms with E-state index in [1.165, 1.54) is 77.0 Å². The summed E-state index contributed by atoms with van der Waals surface area (Å²) in [7, 11) is 0. The van der Waals surface area contributed by atoms with Gasteiger partial charge in [0, 0.05) is 11.8 Å². The minimum atomic E-state index is -0.375. The number of alkyl halides is 4. The van der Waals surface area contributed by atoms with Crippen LogP contribution in [-0.4, -0.2) is 88.2 Å². The van der Waals surface area contributed by atoms with Gasteiger partial charge in [-0.2, -0.15) is 0 Å². The summed E-state index contributed by atoms with van der Waals surface area (Å²) in [5, 5.41) is 31.7. The molecule has 9 aliphatic rings. The number of fused-ring (bicyclic) bond motifs is 20. The summed E-state index contributed by atoms with van der Waals surface area (Å²) in [5.74, 6) is 3.88. The molecule has 272 valence electrons. The van der Waals surface area contributed by atoms with Crippen LogP contribution in [0.25, 0.3) is 0 Å². The van der Waals surface area contributed by atoms with Crippen LogP contribution in [0.2, 0.25) is 0 Å². The van der Waals surface area contributed by atoms with E-state index in [2.05, 4.69) is 42.5 Å². The number of nitrogens with one attached hydrogen (secondary N) is 8. The van der Waals surface area contributed by atoms with Gasteiger partial charge in [-0.3, -0.25) is 42.5 Å². The van der Waals surface area contributed by atoms with E-state index in [-0.39, 0.29) is 113 Å². The van der Waals surface area contributed by atoms with E-state index in [0.717, 1.165) is 0 Å². The number of hydrogen-bond donors (Lipinski definition) is 8. The molecule has 0 aromatic rings. The van der Waals surface area contributed by atoms with Gasteiger partial charge in [0.2, 0.25) is 0 Å². The monoisotopic (exact) mass is 820 g/mol. The first-order valence-corrected chi connectivity index (χ1v) is 19.9. The Balaban J connectivity index is 0.00000113. The maximum atomic E-state index is 7.23. The van der Waals surface area contributed by atoms with Crippen molar-refractivity contribution in [1.29, 1.82) is 0 Å². The summed E-state index contributed by atoms with van der Waals surface area (Å²) >= 11 is 28.3. The molecule has 0 aromatic heterocycles. The Morgan fingerprint density at radius 1 is 0.292 bits per heavy atom. The van der Waals surface area contributed by atoms with Gasteiger partial charge < -0.3 is 37.2 Å². The number of halogens is 7. The van der Waals surface area contributed by atoms with Gasteiger partial charge in [-0.05, 0) is 74.0 Å². The van der Waals surface area contributed by atoms with Gasteiger partial charge in [0.15, 0.2) is 0 Å². The van der Waals surface area contributed by atoms with Crippen molar-refractivity contribution in [1.82, 2.24) is 42.5 Å². The van der Waals surface area contributed by atoms with Gasteiger partial charge in [-0.1, -0.05) is 38.5 Å². The Morgan fingerprint density at radius 2 is 0.479 bits per heavy atom. The molecule has 5 saturated heterocycles. The average Bonchev–Trinajstić information content (AvgIpc) is 3.78. The molecule has 0 aromatic carbocycles. The zero-order valence-corrected chi connectivity index (χ0v) is 33.7. The van der Waals surface area contributed by atoms with Crippen molar-refractivity contribution in [3.05, 3.63) is 0 Å². The Bertz CT molecular complexity index is 998. The maximum Gasteiger partial charge on any atom is 3.00 e. The molecule has 20 atom stereocenters. The number of hydrogen-bond acceptors (Lipinski definition) is 8. The summed E-state index contributed by atoms with van der Waals surface area (Å²) < 4.78 is 0. The zero-order valence-electron chi connectivity index (χ0n) is 27.3. The second-order valence-electron chi connectivity index (χ2n) is 15.9. The normalized spacial score (nSPS) is 55.2. The third kappa shape index (κ3) is 7.09. The average molecular weight is 824 g/mol. The second-order valence-corrected chi connectivity index (χ2v) is 17.9. The van der Waals surface area contributed by atoms with Crippen molar-refractivity contribution in [3.8, 4) is 0 Å². The van der Waals surface area contributed by atoms with Gasteiger partial charge in [0.05, 0.1) is 70.8 Å². The third-order valence-electron chi connectivity index (χ3n) is 13.9. The second kappa shape index (κ2) is 16.9. The van der Waals surface area contributed by atoms with E-state index in [0.29, 0.717) is 60.2 Å². The maximum absolute atomic E-state index is 7.23. The Hall–Kier alpha value is 2.24. The standard InChI is InChI=1S/C32H52Cl4N8.Al.3ClH/c33-21-19-20(22(34)24(36)23(21)35)32-43-30-18-12-6-4-10-16(18)28(41-30)39-26-14-8-2-1-7-13(14)25(37-26)38-27-15-9-3-5-11-17(15)29(40-27)42-31(19)44-32;;;;/h13-32,37-44H,1-12H2;;3*1H/q;+3;;;/p-3. The largest absolute Gasteiger partial charge is 3.00 e. The Kier molecular flexibility index (Phi) is 14.6. The van der Waals surface area contributed by atoms with Crippen LogP contribution in [-0.2, 0) is 0 Å². The van der Waals surface area contributed by atoms with E-state index in [1.807, 2.05) is 0 Å². The van der Waals surface area contributed by atoms with E-state index in [1.54, 1.807) is 0 Å². The molecule has 48 heavy (non-hydrogen) atoms. The van der Waals surface area contributed by atoms with E-state index in [9.17, 15) is 0 Å². The van der Waals surface area contributed by atoms with Crippen LogP contribution in [0, 0.1) is 47.3 Å². The first kappa shape index (κ1) is 41.4. The van der Waals surface area contributed by atoms with Crippen LogP contribution in [0.5, 0.6) is 0 Å². The molecular weight excluding hydrogens is 772 g/mol. The Morgan fingerprint density at radius 3 is 0.708 bits per heavy atom. The van der Waals surface area contributed by atoms with Crippen molar-refractivity contribution in [2.75, 3.05) is 0 Å². The molecule has 4 aliphatic carbocycles. The van der Waals surface area contributed by atoms with Crippen molar-refractivity contribution in [3.63, 3.8) is 0 Å². The fraction of sp³-hybridized carbons (Fsp3) is 1.00. The van der Waals surface area contributed by atoms with Gasteiger partial charge in [-0.15, -0.1) is 46.4 Å². The van der Waals surface area contributed by atoms with Crippen LogP contribution in [0.4, 0.5) is 0 Å². The van der Waals surface area contributed by atoms with Crippen molar-refractivity contribution in [2.24, 2.45) is 47.3 Å². The predicted octanol–water partition coefficient (Wildman–Crippen LogP) is -5.89. The van der Waals surface area contributed by atoms with Gasteiger partial charge in [0.25, 0.3) is 0 Å². The SMILES string of the molecule is ClC1C(Cl)C(Cl)C2C3NC4NC(NC5NC(NC6NC(NC(N3)C2C1Cl)C1CCCCC61)C1CCCCC51)C1CCCCC41.[Al+3].[Cl-].[Cl-].[Cl-]. The summed E-state index contributed by atoms with van der Waals surface area (Å²) in [4.78, 5) is 0. The number of rotatable bonds is 0. The molecule has 9 fully saturated rings. The molecule has 0 radical (unpaired) electrons. The zero-order chi connectivity index (χ0) is 29.7. The summed E-state index contributed by atoms with van der Waals surface area (Å²) in [6.45, 7) is 0.